The number of nitrogens with zero attached hydrogens (tertiary/aromatic N) is 4. The molecular weight excluding hydrogens is 274 g/mol. The van der Waals surface area contributed by atoms with Gasteiger partial charge in [0.2, 0.25) is 5.95 Å². The number of nitrogens with one attached hydrogen (secondary N) is 1. The molecule has 1 aromatic rings. The number of nitro groups is 1. The first-order chi connectivity index (χ1) is 10.1. The van der Waals surface area contributed by atoms with Gasteiger partial charge in [-0.3, -0.25) is 10.1 Å². The summed E-state index contributed by atoms with van der Waals surface area (Å²) in [6.45, 7) is 3.98. The second-order valence-corrected chi connectivity index (χ2v) is 5.11. The van der Waals surface area contributed by atoms with Gasteiger partial charge in [-0.25, -0.2) is 4.98 Å². The number of ether oxygens (including phenoxy) is 1. The summed E-state index contributed by atoms with van der Waals surface area (Å²) < 4.78 is 5.62. The summed E-state index contributed by atoms with van der Waals surface area (Å²) in [7, 11) is 2.05. The maximum Gasteiger partial charge on any atom is 0.349 e. The third-order valence-corrected chi connectivity index (χ3v) is 3.60. The Hall–Kier alpha value is -1.96. The molecule has 1 aliphatic heterocycles. The van der Waals surface area contributed by atoms with Crippen LogP contribution in [-0.4, -0.2) is 52.6 Å². The van der Waals surface area contributed by atoms with Crippen molar-refractivity contribution in [2.75, 3.05) is 32.1 Å². The molecule has 21 heavy (non-hydrogen) atoms. The SMILES string of the molecule is CCNc1ncc([N+](=O)[O-])c(OCC2CCCCN2C)n1. The number of anilines is 1. The largest absolute Gasteiger partial charge is 0.471 e. The summed E-state index contributed by atoms with van der Waals surface area (Å²) in [5.74, 6) is 0.375. The molecule has 0 amide bonds. The Morgan fingerprint density at radius 2 is 2.38 bits per heavy atom. The fourth-order valence-electron chi connectivity index (χ4n) is 2.36. The van der Waals surface area contributed by atoms with E-state index in [-0.39, 0.29) is 17.6 Å². The van der Waals surface area contributed by atoms with Crippen LogP contribution in [0.25, 0.3) is 0 Å². The van der Waals surface area contributed by atoms with Crippen molar-refractivity contribution in [3.05, 3.63) is 16.3 Å². The van der Waals surface area contributed by atoms with Gasteiger partial charge in [-0.15, -0.1) is 0 Å². The van der Waals surface area contributed by atoms with E-state index in [1.165, 1.54) is 12.6 Å². The molecule has 1 N–H and O–H groups in total. The van der Waals surface area contributed by atoms with Gasteiger partial charge in [0, 0.05) is 12.6 Å². The summed E-state index contributed by atoms with van der Waals surface area (Å²) >= 11 is 0. The standard InChI is InChI=1S/C13H21N5O3/c1-3-14-13-15-8-11(18(19)20)12(16-13)21-9-10-6-4-5-7-17(10)2/h8,10H,3-7,9H2,1-2H3,(H,14,15,16). The van der Waals surface area contributed by atoms with Crippen molar-refractivity contribution in [2.24, 2.45) is 0 Å². The zero-order valence-electron chi connectivity index (χ0n) is 12.4. The summed E-state index contributed by atoms with van der Waals surface area (Å²) in [4.78, 5) is 20.7. The first-order valence-corrected chi connectivity index (χ1v) is 7.20. The molecule has 1 aromatic heterocycles. The van der Waals surface area contributed by atoms with Gasteiger partial charge in [0.15, 0.2) is 0 Å². The molecule has 1 unspecified atom stereocenters. The van der Waals surface area contributed by atoms with Crippen LogP contribution in [0.15, 0.2) is 6.20 Å². The summed E-state index contributed by atoms with van der Waals surface area (Å²) in [5, 5.41) is 13.9. The molecule has 116 valence electrons. The molecule has 0 radical (unpaired) electrons. The Kier molecular flexibility index (Phi) is 5.26. The lowest BCUT2D eigenvalue weighted by atomic mass is 10.0. The molecule has 0 aromatic carbocycles. The van der Waals surface area contributed by atoms with Crippen LogP contribution >= 0.6 is 0 Å². The van der Waals surface area contributed by atoms with E-state index in [1.807, 2.05) is 14.0 Å². The zero-order chi connectivity index (χ0) is 15.2. The average Bonchev–Trinajstić information content (AvgIpc) is 2.46. The minimum absolute atomic E-state index is 0.0323. The summed E-state index contributed by atoms with van der Waals surface area (Å²) in [5.41, 5.74) is -0.199. The molecule has 8 heteroatoms. The molecule has 8 nitrogen and oxygen atoms in total. The predicted octanol–water partition coefficient (Wildman–Crippen LogP) is 1.68. The molecule has 0 aliphatic carbocycles. The number of rotatable bonds is 6. The molecular formula is C13H21N5O3. The van der Waals surface area contributed by atoms with Crippen molar-refractivity contribution in [3.8, 4) is 5.88 Å². The smallest absolute Gasteiger partial charge is 0.349 e. The van der Waals surface area contributed by atoms with Crippen molar-refractivity contribution in [2.45, 2.75) is 32.2 Å². The van der Waals surface area contributed by atoms with E-state index in [0.717, 1.165) is 19.4 Å². The summed E-state index contributed by atoms with van der Waals surface area (Å²) in [6.07, 6.45) is 4.57. The first kappa shape index (κ1) is 15.4. The lowest BCUT2D eigenvalue weighted by molar-refractivity contribution is -0.386. The van der Waals surface area contributed by atoms with E-state index in [0.29, 0.717) is 19.1 Å². The number of likely N-dealkylation sites (tertiary alicyclic amines) is 1. The number of likely N-dealkylation sites (N-methyl/N-ethyl adjacent to an activating group) is 1. The lowest BCUT2D eigenvalue weighted by Gasteiger charge is -2.31. The van der Waals surface area contributed by atoms with Crippen molar-refractivity contribution in [1.82, 2.24) is 14.9 Å². The van der Waals surface area contributed by atoms with Gasteiger partial charge < -0.3 is 15.0 Å². The zero-order valence-corrected chi connectivity index (χ0v) is 12.4. The molecule has 1 atom stereocenters. The van der Waals surface area contributed by atoms with E-state index in [2.05, 4.69) is 20.2 Å². The second kappa shape index (κ2) is 7.16. The Balaban J connectivity index is 2.09. The van der Waals surface area contributed by atoms with Crippen LogP contribution in [0.4, 0.5) is 11.6 Å². The fourth-order valence-corrected chi connectivity index (χ4v) is 2.36. The fraction of sp³-hybridized carbons (Fsp3) is 0.692. The molecule has 0 bridgehead atoms. The van der Waals surface area contributed by atoms with Crippen molar-refractivity contribution >= 4 is 11.6 Å². The van der Waals surface area contributed by atoms with Crippen LogP contribution in [0.5, 0.6) is 5.88 Å². The normalized spacial score (nSPS) is 19.2. The second-order valence-electron chi connectivity index (χ2n) is 5.11. The molecule has 2 rings (SSSR count). The van der Waals surface area contributed by atoms with Gasteiger partial charge in [-0.2, -0.15) is 4.98 Å². The molecule has 0 saturated carbocycles. The minimum atomic E-state index is -0.518. The van der Waals surface area contributed by atoms with Crippen LogP contribution in [0.3, 0.4) is 0 Å². The first-order valence-electron chi connectivity index (χ1n) is 7.20. The molecule has 1 aliphatic rings. The van der Waals surface area contributed by atoms with E-state index in [4.69, 9.17) is 4.74 Å². The Labute approximate surface area is 123 Å². The van der Waals surface area contributed by atoms with E-state index >= 15 is 0 Å². The maximum atomic E-state index is 11.0. The predicted molar refractivity (Wildman–Crippen MR) is 78.6 cm³/mol. The van der Waals surface area contributed by atoms with Gasteiger partial charge in [-0.1, -0.05) is 6.42 Å². The third kappa shape index (κ3) is 4.01. The van der Waals surface area contributed by atoms with Crippen LogP contribution in [-0.2, 0) is 0 Å². The Morgan fingerprint density at radius 1 is 1.57 bits per heavy atom. The van der Waals surface area contributed by atoms with Gasteiger partial charge in [0.25, 0.3) is 5.88 Å². The van der Waals surface area contributed by atoms with E-state index in [1.54, 1.807) is 0 Å². The topological polar surface area (TPSA) is 93.4 Å². The monoisotopic (exact) mass is 295 g/mol. The van der Waals surface area contributed by atoms with Gasteiger partial charge in [0.05, 0.1) is 4.92 Å². The Bertz CT molecular complexity index is 497. The van der Waals surface area contributed by atoms with Crippen molar-refractivity contribution < 1.29 is 9.66 Å². The van der Waals surface area contributed by atoms with Crippen LogP contribution in [0.2, 0.25) is 0 Å². The van der Waals surface area contributed by atoms with Crippen molar-refractivity contribution in [1.29, 1.82) is 0 Å². The minimum Gasteiger partial charge on any atom is -0.471 e. The highest BCUT2D eigenvalue weighted by atomic mass is 16.6. The molecule has 2 heterocycles. The maximum absolute atomic E-state index is 11.0. The molecule has 1 fully saturated rings. The van der Waals surface area contributed by atoms with Gasteiger partial charge >= 0.3 is 5.69 Å². The highest BCUT2D eigenvalue weighted by Gasteiger charge is 2.23. The highest BCUT2D eigenvalue weighted by Crippen LogP contribution is 2.25. The number of hydrogen-bond donors (Lipinski definition) is 1. The van der Waals surface area contributed by atoms with E-state index < -0.39 is 4.92 Å². The van der Waals surface area contributed by atoms with Gasteiger partial charge in [0.1, 0.15) is 12.8 Å². The third-order valence-electron chi connectivity index (χ3n) is 3.60. The van der Waals surface area contributed by atoms with E-state index in [9.17, 15) is 10.1 Å². The average molecular weight is 295 g/mol. The molecule has 0 spiro atoms. The number of hydrogen-bond acceptors (Lipinski definition) is 7. The highest BCUT2D eigenvalue weighted by molar-refractivity contribution is 5.43. The van der Waals surface area contributed by atoms with Crippen LogP contribution in [0.1, 0.15) is 26.2 Å². The van der Waals surface area contributed by atoms with Gasteiger partial charge in [-0.05, 0) is 33.4 Å². The van der Waals surface area contributed by atoms with Crippen molar-refractivity contribution in [3.63, 3.8) is 0 Å². The summed E-state index contributed by atoms with van der Waals surface area (Å²) in [6, 6.07) is 0.274. The quantitative estimate of drug-likeness (QED) is 0.630. The number of aromatic nitrogens is 2. The van der Waals surface area contributed by atoms with Crippen LogP contribution in [0, 0.1) is 10.1 Å². The molecule has 1 saturated heterocycles. The number of piperidine rings is 1. The lowest BCUT2D eigenvalue weighted by Crippen LogP contribution is -2.40. The van der Waals surface area contributed by atoms with Crippen LogP contribution < -0.4 is 10.1 Å². The Morgan fingerprint density at radius 3 is 3.05 bits per heavy atom.